The Labute approximate surface area is 112 Å². The summed E-state index contributed by atoms with van der Waals surface area (Å²) in [6.07, 6.45) is 3.39. The zero-order valence-electron chi connectivity index (χ0n) is 10.9. The third-order valence-electron chi connectivity index (χ3n) is 2.73. The van der Waals surface area contributed by atoms with Crippen molar-refractivity contribution in [2.75, 3.05) is 13.7 Å². The maximum atomic E-state index is 5.19. The lowest BCUT2D eigenvalue weighted by atomic mass is 10.2. The molecule has 0 fully saturated rings. The summed E-state index contributed by atoms with van der Waals surface area (Å²) in [4.78, 5) is 13.4. The second-order valence-corrected chi connectivity index (χ2v) is 4.07. The summed E-state index contributed by atoms with van der Waals surface area (Å²) < 4.78 is 5.19. The molecule has 2 aromatic rings. The smallest absolute Gasteiger partial charge is 0.122 e. The first kappa shape index (κ1) is 13.5. The van der Waals surface area contributed by atoms with E-state index in [1.165, 1.54) is 0 Å². The Morgan fingerprint density at radius 3 is 2.89 bits per heavy atom. The lowest BCUT2D eigenvalue weighted by Gasteiger charge is -2.05. The van der Waals surface area contributed by atoms with E-state index < -0.39 is 0 Å². The molecule has 0 radical (unpaired) electrons. The summed E-state index contributed by atoms with van der Waals surface area (Å²) in [5.41, 5.74) is 2.64. The van der Waals surface area contributed by atoms with Crippen LogP contribution in [-0.4, -0.2) is 23.7 Å². The number of aryl methyl sites for hydroxylation is 1. The summed E-state index contributed by atoms with van der Waals surface area (Å²) in [7, 11) is 1.63. The summed E-state index contributed by atoms with van der Waals surface area (Å²) in [6, 6.07) is 9.58. The highest BCUT2D eigenvalue weighted by atomic mass is 16.6. The molecule has 0 saturated heterocycles. The van der Waals surface area contributed by atoms with E-state index in [4.69, 9.17) is 10.6 Å². The molecule has 0 aliphatic rings. The Morgan fingerprint density at radius 1 is 1.21 bits per heavy atom. The fourth-order valence-electron chi connectivity index (χ4n) is 1.78. The van der Waals surface area contributed by atoms with Gasteiger partial charge in [-0.3, -0.25) is 9.97 Å². The average molecular weight is 259 g/mol. The van der Waals surface area contributed by atoms with Gasteiger partial charge >= 0.3 is 0 Å². The third kappa shape index (κ3) is 3.74. The van der Waals surface area contributed by atoms with E-state index in [9.17, 15) is 0 Å². The normalized spacial score (nSPS) is 10.4. The van der Waals surface area contributed by atoms with Crippen molar-refractivity contribution >= 4 is 0 Å². The SMILES string of the molecule is COc1ccnc(-c2cccc(CCCON)n2)c1. The van der Waals surface area contributed by atoms with Gasteiger partial charge in [0.05, 0.1) is 25.1 Å². The number of hydrogen-bond acceptors (Lipinski definition) is 5. The van der Waals surface area contributed by atoms with Gasteiger partial charge in [0, 0.05) is 18.0 Å². The largest absolute Gasteiger partial charge is 0.497 e. The minimum absolute atomic E-state index is 0.531. The van der Waals surface area contributed by atoms with E-state index in [1.807, 2.05) is 30.3 Å². The van der Waals surface area contributed by atoms with Gasteiger partial charge in [-0.2, -0.15) is 0 Å². The fraction of sp³-hybridized carbons (Fsp3) is 0.286. The molecule has 0 aliphatic carbocycles. The molecule has 2 aromatic heterocycles. The Kier molecular flexibility index (Phi) is 4.83. The first-order chi connectivity index (χ1) is 9.33. The van der Waals surface area contributed by atoms with E-state index in [2.05, 4.69) is 14.8 Å². The van der Waals surface area contributed by atoms with E-state index >= 15 is 0 Å². The second-order valence-electron chi connectivity index (χ2n) is 4.07. The number of methoxy groups -OCH3 is 1. The van der Waals surface area contributed by atoms with E-state index in [-0.39, 0.29) is 0 Å². The number of ether oxygens (including phenoxy) is 1. The van der Waals surface area contributed by atoms with Gasteiger partial charge in [0.2, 0.25) is 0 Å². The first-order valence-electron chi connectivity index (χ1n) is 6.11. The highest BCUT2D eigenvalue weighted by molar-refractivity contribution is 5.56. The number of nitrogens with zero attached hydrogens (tertiary/aromatic N) is 2. The molecule has 5 nitrogen and oxygen atoms in total. The van der Waals surface area contributed by atoms with Crippen LogP contribution in [0.2, 0.25) is 0 Å². The number of hydrogen-bond donors (Lipinski definition) is 1. The zero-order valence-corrected chi connectivity index (χ0v) is 10.9. The lowest BCUT2D eigenvalue weighted by Crippen LogP contribution is -2.03. The Bertz CT molecular complexity index is 532. The molecule has 0 aliphatic heterocycles. The predicted molar refractivity (Wildman–Crippen MR) is 72.5 cm³/mol. The van der Waals surface area contributed by atoms with Crippen molar-refractivity contribution in [1.29, 1.82) is 0 Å². The van der Waals surface area contributed by atoms with Crippen LogP contribution in [0.1, 0.15) is 12.1 Å². The van der Waals surface area contributed by atoms with E-state index in [1.54, 1.807) is 13.3 Å². The van der Waals surface area contributed by atoms with E-state index in [0.717, 1.165) is 35.7 Å². The molecule has 0 saturated carbocycles. The van der Waals surface area contributed by atoms with Crippen molar-refractivity contribution in [2.45, 2.75) is 12.8 Å². The van der Waals surface area contributed by atoms with Crippen LogP contribution < -0.4 is 10.6 Å². The third-order valence-corrected chi connectivity index (χ3v) is 2.73. The van der Waals surface area contributed by atoms with Gasteiger partial charge < -0.3 is 9.57 Å². The van der Waals surface area contributed by atoms with Gasteiger partial charge in [-0.05, 0) is 31.0 Å². The van der Waals surface area contributed by atoms with Crippen molar-refractivity contribution in [1.82, 2.24) is 9.97 Å². The van der Waals surface area contributed by atoms with Gasteiger partial charge in [-0.15, -0.1) is 0 Å². The van der Waals surface area contributed by atoms with Crippen LogP contribution in [0, 0.1) is 0 Å². The molecule has 0 bridgehead atoms. The molecule has 19 heavy (non-hydrogen) atoms. The van der Waals surface area contributed by atoms with Crippen molar-refractivity contribution in [3.63, 3.8) is 0 Å². The molecule has 0 spiro atoms. The van der Waals surface area contributed by atoms with Crippen LogP contribution >= 0.6 is 0 Å². The molecule has 0 atom stereocenters. The van der Waals surface area contributed by atoms with Crippen molar-refractivity contribution in [3.05, 3.63) is 42.2 Å². The quantitative estimate of drug-likeness (QED) is 0.634. The maximum Gasteiger partial charge on any atom is 0.122 e. The number of nitrogens with two attached hydrogens (primary N) is 1. The Hall–Kier alpha value is -1.98. The van der Waals surface area contributed by atoms with Gasteiger partial charge in [-0.1, -0.05) is 6.07 Å². The predicted octanol–water partition coefficient (Wildman–Crippen LogP) is 1.98. The zero-order chi connectivity index (χ0) is 13.5. The van der Waals surface area contributed by atoms with Crippen LogP contribution in [0.4, 0.5) is 0 Å². The van der Waals surface area contributed by atoms with Crippen LogP contribution in [0.5, 0.6) is 5.75 Å². The summed E-state index contributed by atoms with van der Waals surface area (Å²) in [5, 5.41) is 0. The minimum atomic E-state index is 0.531. The maximum absolute atomic E-state index is 5.19. The monoisotopic (exact) mass is 259 g/mol. The van der Waals surface area contributed by atoms with E-state index in [0.29, 0.717) is 6.61 Å². The molecule has 2 heterocycles. The van der Waals surface area contributed by atoms with Crippen molar-refractivity contribution in [2.24, 2.45) is 5.90 Å². The fourth-order valence-corrected chi connectivity index (χ4v) is 1.78. The van der Waals surface area contributed by atoms with Gasteiger partial charge in [0.25, 0.3) is 0 Å². The van der Waals surface area contributed by atoms with Crippen molar-refractivity contribution < 1.29 is 9.57 Å². The molecule has 0 amide bonds. The Morgan fingerprint density at radius 2 is 2.11 bits per heavy atom. The molecule has 2 N–H and O–H groups in total. The summed E-state index contributed by atoms with van der Waals surface area (Å²) >= 11 is 0. The highest BCUT2D eigenvalue weighted by Crippen LogP contribution is 2.19. The van der Waals surface area contributed by atoms with Gasteiger partial charge in [0.15, 0.2) is 0 Å². The lowest BCUT2D eigenvalue weighted by molar-refractivity contribution is 0.135. The number of pyridine rings is 2. The van der Waals surface area contributed by atoms with Crippen molar-refractivity contribution in [3.8, 4) is 17.1 Å². The minimum Gasteiger partial charge on any atom is -0.497 e. The molecular weight excluding hydrogens is 242 g/mol. The average Bonchev–Trinajstić information content (AvgIpc) is 2.48. The second kappa shape index (κ2) is 6.82. The highest BCUT2D eigenvalue weighted by Gasteiger charge is 2.04. The number of rotatable bonds is 6. The van der Waals surface area contributed by atoms with Crippen LogP contribution in [0.25, 0.3) is 11.4 Å². The standard InChI is InChI=1S/C14H17N3O2/c1-18-12-7-8-16-14(10-12)13-6-2-4-11(17-13)5-3-9-19-15/h2,4,6-8,10H,3,5,9,15H2,1H3. The summed E-state index contributed by atoms with van der Waals surface area (Å²) in [5.74, 6) is 5.77. The molecular formula is C14H17N3O2. The van der Waals surface area contributed by atoms with Crippen LogP contribution in [-0.2, 0) is 11.3 Å². The molecule has 5 heteroatoms. The first-order valence-corrected chi connectivity index (χ1v) is 6.11. The molecule has 2 rings (SSSR count). The topological polar surface area (TPSA) is 70.3 Å². The molecule has 0 unspecified atom stereocenters. The summed E-state index contributed by atoms with van der Waals surface area (Å²) in [6.45, 7) is 0.531. The van der Waals surface area contributed by atoms with Gasteiger partial charge in [0.1, 0.15) is 5.75 Å². The molecule has 0 aromatic carbocycles. The molecule has 100 valence electrons. The van der Waals surface area contributed by atoms with Crippen LogP contribution in [0.15, 0.2) is 36.5 Å². The van der Waals surface area contributed by atoms with Gasteiger partial charge in [-0.25, -0.2) is 5.90 Å². The van der Waals surface area contributed by atoms with Crippen LogP contribution in [0.3, 0.4) is 0 Å². The Balaban J connectivity index is 2.17. The number of aromatic nitrogens is 2.